The Morgan fingerprint density at radius 3 is 2.31 bits per heavy atom. The smallest absolute Gasteiger partial charge is 0.412 e. The number of amides is 2. The molecule has 2 heterocycles. The zero-order chi connectivity index (χ0) is 24.3. The van der Waals surface area contributed by atoms with Gasteiger partial charge in [-0.1, -0.05) is 66.7 Å². The van der Waals surface area contributed by atoms with Gasteiger partial charge in [0.2, 0.25) is 5.88 Å². The Labute approximate surface area is 203 Å². The maximum Gasteiger partial charge on any atom is 0.412 e. The molecule has 35 heavy (non-hydrogen) atoms. The van der Waals surface area contributed by atoms with Crippen molar-refractivity contribution in [2.24, 2.45) is 0 Å². The third-order valence-electron chi connectivity index (χ3n) is 4.93. The number of carbonyl (C=O) groups excluding carboxylic acids is 2. The predicted molar refractivity (Wildman–Crippen MR) is 132 cm³/mol. The fourth-order valence-corrected chi connectivity index (χ4v) is 3.17. The SMILES string of the molecule is O=C(COc1nc(-c2ccccc2)ccc1NC(=O)OCc1ccccc1)NCc1cccnc1. The molecule has 2 N–H and O–H groups in total. The third-order valence-corrected chi connectivity index (χ3v) is 4.93. The minimum Gasteiger partial charge on any atom is -0.466 e. The summed E-state index contributed by atoms with van der Waals surface area (Å²) < 4.78 is 11.0. The molecule has 0 atom stereocenters. The topological polar surface area (TPSA) is 102 Å². The highest BCUT2D eigenvalue weighted by Crippen LogP contribution is 2.27. The highest BCUT2D eigenvalue weighted by Gasteiger charge is 2.14. The summed E-state index contributed by atoms with van der Waals surface area (Å²) in [4.78, 5) is 33.3. The van der Waals surface area contributed by atoms with Crippen LogP contribution in [0.25, 0.3) is 11.3 Å². The molecule has 2 aromatic heterocycles. The highest BCUT2D eigenvalue weighted by atomic mass is 16.5. The number of rotatable bonds is 9. The standard InChI is InChI=1S/C27H24N4O4/c32-25(29-17-21-10-7-15-28-16-21)19-34-26-24(14-13-23(30-26)22-11-5-2-6-12-22)31-27(33)35-18-20-8-3-1-4-9-20/h1-16H,17-19H2,(H,29,32)(H,31,33). The van der Waals surface area contributed by atoms with Gasteiger partial charge in [-0.25, -0.2) is 9.78 Å². The van der Waals surface area contributed by atoms with Gasteiger partial charge in [0, 0.05) is 24.5 Å². The summed E-state index contributed by atoms with van der Waals surface area (Å²) in [6, 6.07) is 26.0. The molecule has 0 bridgehead atoms. The van der Waals surface area contributed by atoms with Crippen LogP contribution in [0.1, 0.15) is 11.1 Å². The number of hydrogen-bond donors (Lipinski definition) is 2. The first kappa shape index (κ1) is 23.4. The molecule has 0 radical (unpaired) electrons. The number of nitrogens with one attached hydrogen (secondary N) is 2. The summed E-state index contributed by atoms with van der Waals surface area (Å²) in [5, 5.41) is 5.42. The van der Waals surface area contributed by atoms with Crippen LogP contribution in [0.2, 0.25) is 0 Å². The Kier molecular flexibility index (Phi) is 8.00. The van der Waals surface area contributed by atoms with Crippen molar-refractivity contribution in [1.29, 1.82) is 0 Å². The van der Waals surface area contributed by atoms with Crippen LogP contribution in [0, 0.1) is 0 Å². The van der Waals surface area contributed by atoms with E-state index in [1.165, 1.54) is 0 Å². The summed E-state index contributed by atoms with van der Waals surface area (Å²) in [5.74, 6) is -0.224. The Morgan fingerprint density at radius 2 is 1.57 bits per heavy atom. The fourth-order valence-electron chi connectivity index (χ4n) is 3.17. The number of anilines is 1. The van der Waals surface area contributed by atoms with Crippen molar-refractivity contribution in [3.8, 4) is 17.1 Å². The van der Waals surface area contributed by atoms with Gasteiger partial charge in [0.05, 0.1) is 5.69 Å². The Hall–Kier alpha value is -4.72. The van der Waals surface area contributed by atoms with E-state index in [1.54, 1.807) is 30.6 Å². The molecule has 2 aromatic carbocycles. The zero-order valence-corrected chi connectivity index (χ0v) is 18.9. The summed E-state index contributed by atoms with van der Waals surface area (Å²) in [7, 11) is 0. The van der Waals surface area contributed by atoms with Crippen molar-refractivity contribution in [2.45, 2.75) is 13.2 Å². The van der Waals surface area contributed by atoms with Crippen LogP contribution in [0.15, 0.2) is 97.3 Å². The van der Waals surface area contributed by atoms with Crippen LogP contribution in [0.4, 0.5) is 10.5 Å². The van der Waals surface area contributed by atoms with E-state index in [0.29, 0.717) is 17.9 Å². The minimum absolute atomic E-state index is 0.111. The predicted octanol–water partition coefficient (Wildman–Crippen LogP) is 4.59. The van der Waals surface area contributed by atoms with E-state index in [4.69, 9.17) is 9.47 Å². The van der Waals surface area contributed by atoms with Gasteiger partial charge in [-0.05, 0) is 29.3 Å². The molecule has 0 saturated carbocycles. The monoisotopic (exact) mass is 468 g/mol. The first-order valence-corrected chi connectivity index (χ1v) is 11.0. The van der Waals surface area contributed by atoms with Gasteiger partial charge in [0.25, 0.3) is 5.91 Å². The van der Waals surface area contributed by atoms with Crippen molar-refractivity contribution in [1.82, 2.24) is 15.3 Å². The Morgan fingerprint density at radius 1 is 0.829 bits per heavy atom. The number of ether oxygens (including phenoxy) is 2. The second kappa shape index (κ2) is 11.9. The van der Waals surface area contributed by atoms with Gasteiger partial charge in [0.15, 0.2) is 6.61 Å². The molecule has 0 aliphatic rings. The molecule has 2 amide bonds. The zero-order valence-electron chi connectivity index (χ0n) is 18.9. The average Bonchev–Trinajstić information content (AvgIpc) is 2.92. The van der Waals surface area contributed by atoms with Crippen molar-refractivity contribution >= 4 is 17.7 Å². The molecule has 176 valence electrons. The van der Waals surface area contributed by atoms with Crippen LogP contribution in [-0.4, -0.2) is 28.6 Å². The largest absolute Gasteiger partial charge is 0.466 e. The molecule has 0 spiro atoms. The molecule has 4 rings (SSSR count). The van der Waals surface area contributed by atoms with Crippen LogP contribution in [0.5, 0.6) is 5.88 Å². The molecule has 4 aromatic rings. The minimum atomic E-state index is -0.658. The summed E-state index contributed by atoms with van der Waals surface area (Å²) >= 11 is 0. The van der Waals surface area contributed by atoms with E-state index in [2.05, 4.69) is 20.6 Å². The lowest BCUT2D eigenvalue weighted by Crippen LogP contribution is -2.28. The van der Waals surface area contributed by atoms with E-state index < -0.39 is 6.09 Å². The lowest BCUT2D eigenvalue weighted by atomic mass is 10.1. The lowest BCUT2D eigenvalue weighted by Gasteiger charge is -2.13. The maximum absolute atomic E-state index is 12.4. The maximum atomic E-state index is 12.4. The van der Waals surface area contributed by atoms with Crippen LogP contribution >= 0.6 is 0 Å². The number of benzene rings is 2. The normalized spacial score (nSPS) is 10.3. The molecular formula is C27H24N4O4. The van der Waals surface area contributed by atoms with Crippen LogP contribution < -0.4 is 15.4 Å². The highest BCUT2D eigenvalue weighted by molar-refractivity contribution is 5.87. The van der Waals surface area contributed by atoms with Crippen LogP contribution in [-0.2, 0) is 22.7 Å². The molecule has 0 unspecified atom stereocenters. The number of carbonyl (C=O) groups is 2. The summed E-state index contributed by atoms with van der Waals surface area (Å²) in [5.41, 5.74) is 3.54. The Balaban J connectivity index is 1.43. The second-order valence-corrected chi connectivity index (χ2v) is 7.53. The van der Waals surface area contributed by atoms with Crippen LogP contribution in [0.3, 0.4) is 0 Å². The molecule has 8 nitrogen and oxygen atoms in total. The van der Waals surface area contributed by atoms with Gasteiger partial charge in [0.1, 0.15) is 12.3 Å². The molecule has 0 saturated heterocycles. The van der Waals surface area contributed by atoms with E-state index in [-0.39, 0.29) is 25.0 Å². The average molecular weight is 469 g/mol. The number of hydrogen-bond acceptors (Lipinski definition) is 6. The third kappa shape index (κ3) is 7.13. The summed E-state index contributed by atoms with van der Waals surface area (Å²) in [6.45, 7) is 0.166. The number of pyridine rings is 2. The van der Waals surface area contributed by atoms with Crippen molar-refractivity contribution in [3.05, 3.63) is 108 Å². The second-order valence-electron chi connectivity index (χ2n) is 7.53. The van der Waals surface area contributed by atoms with E-state index in [1.807, 2.05) is 66.7 Å². The van der Waals surface area contributed by atoms with Gasteiger partial charge < -0.3 is 14.8 Å². The van der Waals surface area contributed by atoms with E-state index in [9.17, 15) is 9.59 Å². The lowest BCUT2D eigenvalue weighted by molar-refractivity contribution is -0.123. The van der Waals surface area contributed by atoms with Crippen molar-refractivity contribution < 1.29 is 19.1 Å². The van der Waals surface area contributed by atoms with Gasteiger partial charge in [-0.2, -0.15) is 0 Å². The molecule has 8 heteroatoms. The van der Waals surface area contributed by atoms with Gasteiger partial charge >= 0.3 is 6.09 Å². The fraction of sp³-hybridized carbons (Fsp3) is 0.111. The van der Waals surface area contributed by atoms with Crippen molar-refractivity contribution in [2.75, 3.05) is 11.9 Å². The quantitative estimate of drug-likeness (QED) is 0.373. The van der Waals surface area contributed by atoms with E-state index >= 15 is 0 Å². The van der Waals surface area contributed by atoms with Crippen molar-refractivity contribution in [3.63, 3.8) is 0 Å². The summed E-state index contributed by atoms with van der Waals surface area (Å²) in [6.07, 6.45) is 2.68. The van der Waals surface area contributed by atoms with E-state index in [0.717, 1.165) is 16.7 Å². The molecular weight excluding hydrogens is 444 g/mol. The number of nitrogens with zero attached hydrogens (tertiary/aromatic N) is 2. The molecule has 0 aliphatic carbocycles. The first-order valence-electron chi connectivity index (χ1n) is 11.0. The van der Waals surface area contributed by atoms with Gasteiger partial charge in [-0.15, -0.1) is 0 Å². The number of aromatic nitrogens is 2. The Bertz CT molecular complexity index is 1250. The molecule has 0 fully saturated rings. The van der Waals surface area contributed by atoms with Gasteiger partial charge in [-0.3, -0.25) is 15.1 Å². The first-order chi connectivity index (χ1) is 17.2. The molecule has 0 aliphatic heterocycles.